The molecule has 8 nitrogen and oxygen atoms in total. The topological polar surface area (TPSA) is 106 Å². The molecule has 1 unspecified atom stereocenters. The molecular weight excluding hydrogens is 503 g/mol. The molecule has 2 aliphatic heterocycles. The monoisotopic (exact) mass is 529 g/mol. The van der Waals surface area contributed by atoms with Gasteiger partial charge in [0.05, 0.1) is 6.54 Å². The molecule has 0 saturated heterocycles. The molecule has 10 heteroatoms. The number of nitrogens with two attached hydrogens (primary N) is 1. The number of quaternary nitrogens is 1. The van der Waals surface area contributed by atoms with E-state index in [1.807, 2.05) is 6.92 Å². The Balaban J connectivity index is 1.21. The summed E-state index contributed by atoms with van der Waals surface area (Å²) in [6.07, 6.45) is 1.73. The first kappa shape index (κ1) is 26.0. The Hall–Kier alpha value is -3.07. The summed E-state index contributed by atoms with van der Waals surface area (Å²) in [6.45, 7) is 5.14. The maximum Gasteiger partial charge on any atom is 0.343 e. The first-order valence-electron chi connectivity index (χ1n) is 11.8. The second kappa shape index (κ2) is 11.8. The second-order valence-corrected chi connectivity index (χ2v) is 9.56. The number of carbonyl (C=O) groups is 2. The van der Waals surface area contributed by atoms with Gasteiger partial charge in [-0.1, -0.05) is 23.2 Å². The molecular formula is C26H27Cl2N4O4+. The fourth-order valence-corrected chi connectivity index (χ4v) is 4.12. The molecule has 2 aromatic rings. The molecule has 2 aromatic carbocycles. The van der Waals surface area contributed by atoms with E-state index < -0.39 is 18.1 Å². The fourth-order valence-electron chi connectivity index (χ4n) is 3.86. The van der Waals surface area contributed by atoms with Crippen molar-refractivity contribution in [2.24, 2.45) is 15.0 Å². The summed E-state index contributed by atoms with van der Waals surface area (Å²) in [5.74, 6) is -0.151. The number of ether oxygens (including phenoxy) is 2. The van der Waals surface area contributed by atoms with E-state index in [0.29, 0.717) is 33.8 Å². The van der Waals surface area contributed by atoms with Crippen molar-refractivity contribution in [1.82, 2.24) is 0 Å². The molecule has 0 aromatic heterocycles. The standard InChI is InChI=1S/C26H26Cl2N4O4/c1-15(21-25(33)35-23(31-21)17-5-9-19(27)10-6-17)29-13-3-4-14-30-16(2)22-26(34)36-24(32-22)18-7-11-20(28)12-8-18/h5-12,15,21-22,29H,3-4,13-14H2,1-2H3/p+1/t15-,21-,22?/m0/s1. The minimum Gasteiger partial charge on any atom is -0.405 e. The van der Waals surface area contributed by atoms with Crippen LogP contribution in [0, 0.1) is 0 Å². The van der Waals surface area contributed by atoms with Crippen molar-refractivity contribution in [1.29, 1.82) is 0 Å². The summed E-state index contributed by atoms with van der Waals surface area (Å²) in [7, 11) is 0. The van der Waals surface area contributed by atoms with Crippen molar-refractivity contribution in [3.63, 3.8) is 0 Å². The molecule has 3 atom stereocenters. The van der Waals surface area contributed by atoms with Crippen molar-refractivity contribution in [3.05, 3.63) is 69.7 Å². The molecule has 4 rings (SSSR count). The molecule has 2 heterocycles. The minimum atomic E-state index is -0.719. The molecule has 36 heavy (non-hydrogen) atoms. The summed E-state index contributed by atoms with van der Waals surface area (Å²) in [5.41, 5.74) is 2.05. The van der Waals surface area contributed by atoms with Gasteiger partial charge in [-0.15, -0.1) is 0 Å². The zero-order valence-electron chi connectivity index (χ0n) is 20.0. The first-order chi connectivity index (χ1) is 17.3. The normalized spacial score (nSPS) is 20.6. The van der Waals surface area contributed by atoms with Crippen LogP contribution in [0.4, 0.5) is 0 Å². The number of unbranched alkanes of at least 4 members (excludes halogenated alkanes) is 1. The van der Waals surface area contributed by atoms with Gasteiger partial charge in [0.15, 0.2) is 6.04 Å². The predicted molar refractivity (Wildman–Crippen MR) is 139 cm³/mol. The van der Waals surface area contributed by atoms with Gasteiger partial charge in [0, 0.05) is 33.4 Å². The molecule has 0 aliphatic carbocycles. The van der Waals surface area contributed by atoms with Crippen molar-refractivity contribution < 1.29 is 24.4 Å². The molecule has 188 valence electrons. The number of carbonyl (C=O) groups excluding carboxylic acids is 2. The molecule has 2 aliphatic rings. The van der Waals surface area contributed by atoms with Crippen LogP contribution in [0.2, 0.25) is 10.0 Å². The van der Waals surface area contributed by atoms with E-state index in [0.717, 1.165) is 24.9 Å². The van der Waals surface area contributed by atoms with Gasteiger partial charge in [-0.2, -0.15) is 0 Å². The van der Waals surface area contributed by atoms with E-state index in [9.17, 15) is 9.59 Å². The molecule has 0 radical (unpaired) electrons. The highest BCUT2D eigenvalue weighted by Gasteiger charge is 2.36. The maximum atomic E-state index is 12.3. The second-order valence-electron chi connectivity index (χ2n) is 8.69. The number of cyclic esters (lactones) is 2. The highest BCUT2D eigenvalue weighted by atomic mass is 35.5. The van der Waals surface area contributed by atoms with E-state index in [2.05, 4.69) is 20.3 Å². The van der Waals surface area contributed by atoms with Crippen LogP contribution < -0.4 is 5.32 Å². The average molecular weight is 530 g/mol. The summed E-state index contributed by atoms with van der Waals surface area (Å²) in [6, 6.07) is 12.7. The summed E-state index contributed by atoms with van der Waals surface area (Å²) >= 11 is 11.8. The van der Waals surface area contributed by atoms with Crippen LogP contribution >= 0.6 is 23.2 Å². The van der Waals surface area contributed by atoms with Gasteiger partial charge < -0.3 is 14.8 Å². The van der Waals surface area contributed by atoms with Crippen LogP contribution in [-0.2, 0) is 19.1 Å². The van der Waals surface area contributed by atoms with Crippen molar-refractivity contribution in [2.75, 3.05) is 13.1 Å². The highest BCUT2D eigenvalue weighted by molar-refractivity contribution is 6.31. The Labute approximate surface area is 219 Å². The summed E-state index contributed by atoms with van der Waals surface area (Å²) < 4.78 is 10.7. The van der Waals surface area contributed by atoms with Crippen molar-refractivity contribution >= 4 is 52.6 Å². The maximum absolute atomic E-state index is 12.3. The lowest BCUT2D eigenvalue weighted by Gasteiger charge is -2.12. The number of esters is 2. The van der Waals surface area contributed by atoms with Gasteiger partial charge in [-0.25, -0.2) is 19.6 Å². The zero-order chi connectivity index (χ0) is 25.7. The molecule has 0 spiro atoms. The van der Waals surface area contributed by atoms with E-state index in [1.54, 1.807) is 55.5 Å². The Kier molecular flexibility index (Phi) is 8.51. The zero-order valence-corrected chi connectivity index (χ0v) is 21.5. The third kappa shape index (κ3) is 6.37. The van der Waals surface area contributed by atoms with Gasteiger partial charge in [-0.05, 0) is 75.2 Å². The van der Waals surface area contributed by atoms with E-state index in [-0.39, 0.29) is 17.9 Å². The largest absolute Gasteiger partial charge is 0.405 e. The van der Waals surface area contributed by atoms with E-state index in [1.165, 1.54) is 0 Å². The van der Waals surface area contributed by atoms with Gasteiger partial charge >= 0.3 is 11.9 Å². The van der Waals surface area contributed by atoms with Crippen LogP contribution in [-0.4, -0.2) is 60.7 Å². The Morgan fingerprint density at radius 1 is 0.917 bits per heavy atom. The van der Waals surface area contributed by atoms with Gasteiger partial charge in [-0.3, -0.25) is 4.99 Å². The SMILES string of the molecule is CC(=NCCCC[NH2+][C@@H](C)[C@@H]1N=C(c2ccc(Cl)cc2)OC1=O)C1N=C(c2ccc(Cl)cc2)OC1=O. The third-order valence-electron chi connectivity index (χ3n) is 5.95. The molecule has 0 saturated carbocycles. The van der Waals surface area contributed by atoms with Crippen molar-refractivity contribution in [2.45, 2.75) is 44.8 Å². The molecule has 2 N–H and O–H groups in total. The van der Waals surface area contributed by atoms with Crippen LogP contribution in [0.1, 0.15) is 37.8 Å². The van der Waals surface area contributed by atoms with E-state index in [4.69, 9.17) is 32.7 Å². The lowest BCUT2D eigenvalue weighted by molar-refractivity contribution is -0.686. The number of hydrogen-bond donors (Lipinski definition) is 1. The number of benzene rings is 2. The Morgan fingerprint density at radius 2 is 1.47 bits per heavy atom. The summed E-state index contributed by atoms with van der Waals surface area (Å²) in [4.78, 5) is 37.9. The summed E-state index contributed by atoms with van der Waals surface area (Å²) in [5, 5.41) is 3.30. The van der Waals surface area contributed by atoms with Crippen LogP contribution in [0.25, 0.3) is 0 Å². The van der Waals surface area contributed by atoms with Gasteiger partial charge in [0.1, 0.15) is 6.04 Å². The average Bonchev–Trinajstić information content (AvgIpc) is 3.44. The smallest absolute Gasteiger partial charge is 0.343 e. The number of rotatable bonds is 10. The molecule has 0 amide bonds. The van der Waals surface area contributed by atoms with Crippen LogP contribution in [0.15, 0.2) is 63.5 Å². The van der Waals surface area contributed by atoms with Gasteiger partial charge in [0.25, 0.3) is 0 Å². The fraction of sp³-hybridized carbons (Fsp3) is 0.346. The number of halogens is 2. The van der Waals surface area contributed by atoms with Crippen LogP contribution in [0.5, 0.6) is 0 Å². The minimum absolute atomic E-state index is 0.0542. The lowest BCUT2D eigenvalue weighted by atomic mass is 10.1. The molecule has 0 fully saturated rings. The quantitative estimate of drug-likeness (QED) is 0.289. The number of nitrogens with zero attached hydrogens (tertiary/aromatic N) is 3. The Morgan fingerprint density at radius 3 is 2.08 bits per heavy atom. The lowest BCUT2D eigenvalue weighted by Crippen LogP contribution is -2.91. The van der Waals surface area contributed by atoms with Crippen molar-refractivity contribution in [3.8, 4) is 0 Å². The van der Waals surface area contributed by atoms with Gasteiger partial charge in [0.2, 0.25) is 17.8 Å². The third-order valence-corrected chi connectivity index (χ3v) is 6.45. The molecule has 0 bridgehead atoms. The predicted octanol–water partition coefficient (Wildman–Crippen LogP) is 3.23. The number of hydrogen-bond acceptors (Lipinski definition) is 7. The number of aliphatic imine (C=N–C) groups is 3. The first-order valence-corrected chi connectivity index (χ1v) is 12.5. The highest BCUT2D eigenvalue weighted by Crippen LogP contribution is 2.18. The Bertz CT molecular complexity index is 1210. The van der Waals surface area contributed by atoms with Crippen LogP contribution in [0.3, 0.4) is 0 Å². The van der Waals surface area contributed by atoms with E-state index >= 15 is 0 Å².